The number of fused-ring (bicyclic) bond motifs is 1. The van der Waals surface area contributed by atoms with Crippen LogP contribution >= 0.6 is 23.7 Å². The first-order valence-corrected chi connectivity index (χ1v) is 8.98. The van der Waals surface area contributed by atoms with E-state index in [1.54, 1.807) is 0 Å². The zero-order valence-electron chi connectivity index (χ0n) is 14.4. The fraction of sp³-hybridized carbons (Fsp3) is 0.105. The lowest BCUT2D eigenvalue weighted by Crippen LogP contribution is -2.14. The number of carbonyl (C=O) groups excluding carboxylic acids is 1. The lowest BCUT2D eigenvalue weighted by Gasteiger charge is -2.04. The molecule has 0 unspecified atom stereocenters. The van der Waals surface area contributed by atoms with E-state index >= 15 is 0 Å². The number of imidazole rings is 1. The monoisotopic (exact) mass is 400 g/mol. The summed E-state index contributed by atoms with van der Waals surface area (Å²) in [6.07, 6.45) is 0.224. The molecule has 2 aromatic carbocycles. The quantitative estimate of drug-likeness (QED) is 0.485. The van der Waals surface area contributed by atoms with Gasteiger partial charge in [-0.3, -0.25) is 4.79 Å². The molecule has 138 valence electrons. The number of nitrogens with zero attached hydrogens (tertiary/aromatic N) is 1. The van der Waals surface area contributed by atoms with Crippen molar-refractivity contribution in [3.63, 3.8) is 0 Å². The molecule has 0 aliphatic heterocycles. The zero-order valence-corrected chi connectivity index (χ0v) is 16.0. The molecule has 0 fully saturated rings. The van der Waals surface area contributed by atoms with Crippen LogP contribution in [0.1, 0.15) is 10.6 Å². The average Bonchev–Trinajstić information content (AvgIpc) is 3.19. The number of aryl methyl sites for hydroxylation is 1. The van der Waals surface area contributed by atoms with Crippen LogP contribution in [0.5, 0.6) is 0 Å². The summed E-state index contributed by atoms with van der Waals surface area (Å²) in [4.78, 5) is 33.6. The van der Waals surface area contributed by atoms with Crippen molar-refractivity contribution in [2.75, 3.05) is 5.32 Å². The number of H-pyrrole nitrogens is 2. The summed E-state index contributed by atoms with van der Waals surface area (Å²) in [7, 11) is 0. The minimum absolute atomic E-state index is 0. The van der Waals surface area contributed by atoms with E-state index in [1.165, 1.54) is 11.3 Å². The molecule has 27 heavy (non-hydrogen) atoms. The molecule has 6 nitrogen and oxygen atoms in total. The number of anilines is 1. The predicted molar refractivity (Wildman–Crippen MR) is 111 cm³/mol. The van der Waals surface area contributed by atoms with E-state index in [-0.39, 0.29) is 30.4 Å². The molecule has 0 radical (unpaired) electrons. The Bertz CT molecular complexity index is 1160. The van der Waals surface area contributed by atoms with E-state index in [0.717, 1.165) is 38.5 Å². The Morgan fingerprint density at radius 1 is 1.15 bits per heavy atom. The molecule has 0 aliphatic rings. The molecule has 4 aromatic rings. The molecule has 2 heterocycles. The molecule has 0 atom stereocenters. The Balaban J connectivity index is 0.00000210. The molecule has 8 heteroatoms. The van der Waals surface area contributed by atoms with Crippen LogP contribution in [0.3, 0.4) is 0 Å². The third-order valence-electron chi connectivity index (χ3n) is 3.98. The van der Waals surface area contributed by atoms with Crippen LogP contribution in [-0.4, -0.2) is 20.9 Å². The van der Waals surface area contributed by atoms with Gasteiger partial charge in [0.25, 0.3) is 0 Å². The van der Waals surface area contributed by atoms with Crippen molar-refractivity contribution in [1.82, 2.24) is 15.0 Å². The van der Waals surface area contributed by atoms with Crippen molar-refractivity contribution in [3.05, 3.63) is 68.9 Å². The van der Waals surface area contributed by atoms with Crippen molar-refractivity contribution in [3.8, 4) is 11.3 Å². The molecule has 1 amide bonds. The fourth-order valence-electron chi connectivity index (χ4n) is 2.78. The number of hydrogen-bond acceptors (Lipinski definition) is 4. The molecule has 0 aliphatic carbocycles. The Morgan fingerprint density at radius 3 is 2.78 bits per heavy atom. The normalized spacial score (nSPS) is 10.6. The minimum atomic E-state index is -0.232. The number of rotatable bonds is 4. The second kappa shape index (κ2) is 7.77. The van der Waals surface area contributed by atoms with Gasteiger partial charge >= 0.3 is 5.69 Å². The first-order chi connectivity index (χ1) is 12.6. The fourth-order valence-corrected chi connectivity index (χ4v) is 3.58. The summed E-state index contributed by atoms with van der Waals surface area (Å²) < 4.78 is 0. The van der Waals surface area contributed by atoms with Crippen LogP contribution < -0.4 is 11.0 Å². The van der Waals surface area contributed by atoms with Crippen molar-refractivity contribution >= 4 is 46.4 Å². The van der Waals surface area contributed by atoms with E-state index in [1.807, 2.05) is 54.8 Å². The molecule has 4 rings (SSSR count). The smallest absolute Gasteiger partial charge is 0.323 e. The van der Waals surface area contributed by atoms with E-state index in [0.29, 0.717) is 0 Å². The molecule has 0 saturated carbocycles. The van der Waals surface area contributed by atoms with Gasteiger partial charge in [0.2, 0.25) is 5.91 Å². The summed E-state index contributed by atoms with van der Waals surface area (Å²) in [6.45, 7) is 1.98. The topological polar surface area (TPSA) is 90.6 Å². The van der Waals surface area contributed by atoms with Gasteiger partial charge in [-0.1, -0.05) is 18.2 Å². The van der Waals surface area contributed by atoms with Gasteiger partial charge in [-0.05, 0) is 36.8 Å². The van der Waals surface area contributed by atoms with Crippen LogP contribution in [-0.2, 0) is 11.2 Å². The van der Waals surface area contributed by atoms with Crippen LogP contribution in [0.4, 0.5) is 5.69 Å². The van der Waals surface area contributed by atoms with Crippen LogP contribution in [0.15, 0.2) is 52.6 Å². The first-order valence-electron chi connectivity index (χ1n) is 8.10. The number of halogens is 1. The number of aromatic nitrogens is 3. The lowest BCUT2D eigenvalue weighted by atomic mass is 10.1. The average molecular weight is 401 g/mol. The second-order valence-electron chi connectivity index (χ2n) is 6.06. The van der Waals surface area contributed by atoms with E-state index in [9.17, 15) is 9.59 Å². The highest BCUT2D eigenvalue weighted by atomic mass is 35.5. The van der Waals surface area contributed by atoms with Gasteiger partial charge in [-0.25, -0.2) is 9.78 Å². The van der Waals surface area contributed by atoms with Gasteiger partial charge in [-0.2, -0.15) is 0 Å². The van der Waals surface area contributed by atoms with Crippen LogP contribution in [0, 0.1) is 6.92 Å². The van der Waals surface area contributed by atoms with E-state index in [2.05, 4.69) is 20.3 Å². The highest BCUT2D eigenvalue weighted by molar-refractivity contribution is 7.10. The third kappa shape index (κ3) is 4.27. The number of carbonyl (C=O) groups is 1. The van der Waals surface area contributed by atoms with Gasteiger partial charge in [0.15, 0.2) is 0 Å². The number of aromatic amines is 2. The van der Waals surface area contributed by atoms with Crippen molar-refractivity contribution in [2.24, 2.45) is 0 Å². The standard InChI is InChI=1S/C19H16N4O2S.ClH/c1-11-3-2-4-13(7-11)20-17(24)9-18-21-16(10-26-18)12-5-6-14-15(8-12)23-19(25)22-14;/h2-8,10H,9H2,1H3,(H,20,24)(H2,22,23,25);1H. The molecule has 2 aromatic heterocycles. The lowest BCUT2D eigenvalue weighted by molar-refractivity contribution is -0.115. The van der Waals surface area contributed by atoms with Gasteiger partial charge in [0.05, 0.1) is 23.1 Å². The van der Waals surface area contributed by atoms with E-state index in [4.69, 9.17) is 0 Å². The molecule has 0 bridgehead atoms. The predicted octanol–water partition coefficient (Wildman–Crippen LogP) is 3.89. The highest BCUT2D eigenvalue weighted by Crippen LogP contribution is 2.24. The van der Waals surface area contributed by atoms with Gasteiger partial charge in [0.1, 0.15) is 5.01 Å². The Hall–Kier alpha value is -2.90. The van der Waals surface area contributed by atoms with E-state index < -0.39 is 0 Å². The molecular formula is C19H17ClN4O2S. The zero-order chi connectivity index (χ0) is 18.1. The molecule has 0 spiro atoms. The Kier molecular flexibility index (Phi) is 5.43. The molecule has 0 saturated heterocycles. The SMILES string of the molecule is Cc1cccc(NC(=O)Cc2nc(-c3ccc4[nH]c(=O)[nH]c4c3)cs2)c1.Cl. The number of benzene rings is 2. The summed E-state index contributed by atoms with van der Waals surface area (Å²) >= 11 is 1.45. The Labute approximate surface area is 165 Å². The maximum absolute atomic E-state index is 12.2. The number of hydrogen-bond donors (Lipinski definition) is 3. The van der Waals surface area contributed by atoms with Gasteiger partial charge in [0, 0.05) is 16.6 Å². The number of nitrogens with one attached hydrogen (secondary N) is 3. The van der Waals surface area contributed by atoms with Gasteiger partial charge in [-0.15, -0.1) is 23.7 Å². The summed E-state index contributed by atoms with van der Waals surface area (Å²) in [5.74, 6) is -0.0954. The minimum Gasteiger partial charge on any atom is -0.326 e. The maximum atomic E-state index is 12.2. The van der Waals surface area contributed by atoms with Crippen molar-refractivity contribution in [1.29, 1.82) is 0 Å². The van der Waals surface area contributed by atoms with Gasteiger partial charge < -0.3 is 15.3 Å². The molecular weight excluding hydrogens is 384 g/mol. The first kappa shape index (κ1) is 18.9. The third-order valence-corrected chi connectivity index (χ3v) is 4.83. The van der Waals surface area contributed by atoms with Crippen molar-refractivity contribution < 1.29 is 4.79 Å². The largest absolute Gasteiger partial charge is 0.326 e. The number of amides is 1. The van der Waals surface area contributed by atoms with Crippen LogP contribution in [0.25, 0.3) is 22.3 Å². The summed E-state index contributed by atoms with van der Waals surface area (Å²) in [6, 6.07) is 13.3. The maximum Gasteiger partial charge on any atom is 0.323 e. The van der Waals surface area contributed by atoms with Crippen LogP contribution in [0.2, 0.25) is 0 Å². The molecule has 3 N–H and O–H groups in total. The second-order valence-corrected chi connectivity index (χ2v) is 7.00. The van der Waals surface area contributed by atoms with Crippen molar-refractivity contribution in [2.45, 2.75) is 13.3 Å². The summed E-state index contributed by atoms with van der Waals surface area (Å²) in [5, 5.41) is 5.55. The highest BCUT2D eigenvalue weighted by Gasteiger charge is 2.10. The Morgan fingerprint density at radius 2 is 1.96 bits per heavy atom. The number of thiazole rings is 1. The summed E-state index contributed by atoms with van der Waals surface area (Å²) in [5.41, 5.74) is 4.83.